The maximum absolute atomic E-state index is 8.58. The Labute approximate surface area is 80.0 Å². The SMILES string of the molecule is N/C(=N/O)C1CCCCCCCC1. The number of nitrogens with zero attached hydrogens (tertiary/aromatic N) is 1. The Morgan fingerprint density at radius 1 is 1.00 bits per heavy atom. The zero-order valence-corrected chi connectivity index (χ0v) is 8.21. The van der Waals surface area contributed by atoms with Crippen molar-refractivity contribution in [1.82, 2.24) is 0 Å². The number of hydrogen-bond donors (Lipinski definition) is 2. The Balaban J connectivity index is 2.41. The lowest BCUT2D eigenvalue weighted by Crippen LogP contribution is -2.23. The molecule has 0 radical (unpaired) electrons. The quantitative estimate of drug-likeness (QED) is 0.285. The van der Waals surface area contributed by atoms with E-state index in [2.05, 4.69) is 5.16 Å². The third-order valence-corrected chi connectivity index (χ3v) is 2.89. The summed E-state index contributed by atoms with van der Waals surface area (Å²) in [6.07, 6.45) is 9.93. The van der Waals surface area contributed by atoms with Crippen molar-refractivity contribution in [2.75, 3.05) is 0 Å². The number of rotatable bonds is 1. The van der Waals surface area contributed by atoms with Gasteiger partial charge in [-0.25, -0.2) is 0 Å². The minimum atomic E-state index is 0.322. The molecule has 0 aromatic carbocycles. The zero-order valence-electron chi connectivity index (χ0n) is 8.21. The van der Waals surface area contributed by atoms with E-state index in [1.807, 2.05) is 0 Å². The molecule has 3 heteroatoms. The third kappa shape index (κ3) is 3.66. The van der Waals surface area contributed by atoms with Crippen molar-refractivity contribution in [3.8, 4) is 0 Å². The fraction of sp³-hybridized carbons (Fsp3) is 0.900. The molecule has 76 valence electrons. The molecule has 0 unspecified atom stereocenters. The summed E-state index contributed by atoms with van der Waals surface area (Å²) in [5.74, 6) is 0.755. The van der Waals surface area contributed by atoms with Crippen LogP contribution in [0.5, 0.6) is 0 Å². The van der Waals surface area contributed by atoms with Gasteiger partial charge >= 0.3 is 0 Å². The molecule has 0 aliphatic heterocycles. The zero-order chi connectivity index (χ0) is 9.52. The highest BCUT2D eigenvalue weighted by molar-refractivity contribution is 5.82. The molecule has 3 nitrogen and oxygen atoms in total. The van der Waals surface area contributed by atoms with E-state index < -0.39 is 0 Å². The van der Waals surface area contributed by atoms with E-state index in [0.717, 1.165) is 12.8 Å². The lowest BCUT2D eigenvalue weighted by atomic mass is 9.96. The largest absolute Gasteiger partial charge is 0.409 e. The van der Waals surface area contributed by atoms with Gasteiger partial charge in [0.2, 0.25) is 0 Å². The molecule has 13 heavy (non-hydrogen) atoms. The van der Waals surface area contributed by atoms with Gasteiger partial charge in [-0.15, -0.1) is 0 Å². The lowest BCUT2D eigenvalue weighted by Gasteiger charge is -2.13. The van der Waals surface area contributed by atoms with Gasteiger partial charge in [0, 0.05) is 5.92 Å². The van der Waals surface area contributed by atoms with E-state index >= 15 is 0 Å². The van der Waals surface area contributed by atoms with Crippen LogP contribution in [0, 0.1) is 5.92 Å². The second-order valence-corrected chi connectivity index (χ2v) is 3.92. The maximum Gasteiger partial charge on any atom is 0.142 e. The molecule has 1 fully saturated rings. The predicted molar refractivity (Wildman–Crippen MR) is 53.8 cm³/mol. The molecule has 1 aliphatic carbocycles. The molecule has 0 saturated heterocycles. The summed E-state index contributed by atoms with van der Waals surface area (Å²) in [5.41, 5.74) is 5.62. The summed E-state index contributed by atoms with van der Waals surface area (Å²) in [6.45, 7) is 0. The van der Waals surface area contributed by atoms with Gasteiger partial charge in [-0.2, -0.15) is 0 Å². The van der Waals surface area contributed by atoms with Crippen molar-refractivity contribution in [2.24, 2.45) is 16.8 Å². The van der Waals surface area contributed by atoms with Crippen molar-refractivity contribution >= 4 is 5.84 Å². The van der Waals surface area contributed by atoms with Gasteiger partial charge in [0.1, 0.15) is 5.84 Å². The van der Waals surface area contributed by atoms with E-state index in [9.17, 15) is 0 Å². The standard InChI is InChI=1S/C10H20N2O/c11-10(12-13)9-7-5-3-1-2-4-6-8-9/h9,13H,1-8H2,(H2,11,12). The molecule has 0 spiro atoms. The van der Waals surface area contributed by atoms with Crippen molar-refractivity contribution < 1.29 is 5.21 Å². The molecule has 0 aromatic heterocycles. The molecule has 0 atom stereocenters. The number of hydrogen-bond acceptors (Lipinski definition) is 2. The molecule has 0 aromatic rings. The van der Waals surface area contributed by atoms with Crippen LogP contribution >= 0.6 is 0 Å². The normalized spacial score (nSPS) is 23.2. The van der Waals surface area contributed by atoms with Crippen LogP contribution in [0.1, 0.15) is 51.4 Å². The first kappa shape index (κ1) is 10.4. The molecular formula is C10H20N2O. The summed E-state index contributed by atoms with van der Waals surface area (Å²) in [4.78, 5) is 0. The van der Waals surface area contributed by atoms with Crippen LogP contribution in [0.3, 0.4) is 0 Å². The van der Waals surface area contributed by atoms with Crippen LogP contribution in [0.25, 0.3) is 0 Å². The topological polar surface area (TPSA) is 58.6 Å². The van der Waals surface area contributed by atoms with Crippen molar-refractivity contribution in [2.45, 2.75) is 51.4 Å². The Morgan fingerprint density at radius 3 is 1.92 bits per heavy atom. The first-order valence-electron chi connectivity index (χ1n) is 5.32. The van der Waals surface area contributed by atoms with E-state index in [-0.39, 0.29) is 0 Å². The van der Waals surface area contributed by atoms with Crippen LogP contribution in [0.4, 0.5) is 0 Å². The molecule has 0 bridgehead atoms. The van der Waals surface area contributed by atoms with Crippen LogP contribution in [0.15, 0.2) is 5.16 Å². The Kier molecular flexibility index (Phi) is 4.65. The first-order valence-corrected chi connectivity index (χ1v) is 5.32. The fourth-order valence-electron chi connectivity index (χ4n) is 2.01. The van der Waals surface area contributed by atoms with Gasteiger partial charge in [0.25, 0.3) is 0 Å². The third-order valence-electron chi connectivity index (χ3n) is 2.89. The van der Waals surface area contributed by atoms with Crippen LogP contribution in [-0.2, 0) is 0 Å². The van der Waals surface area contributed by atoms with Gasteiger partial charge in [0.15, 0.2) is 0 Å². The molecule has 1 rings (SSSR count). The molecular weight excluding hydrogens is 164 g/mol. The highest BCUT2D eigenvalue weighted by Gasteiger charge is 2.14. The molecule has 1 saturated carbocycles. The minimum Gasteiger partial charge on any atom is -0.409 e. The smallest absolute Gasteiger partial charge is 0.142 e. The first-order chi connectivity index (χ1) is 6.34. The van der Waals surface area contributed by atoms with E-state index in [1.165, 1.54) is 38.5 Å². The van der Waals surface area contributed by atoms with Gasteiger partial charge in [0.05, 0.1) is 0 Å². The predicted octanol–water partition coefficient (Wildman–Crippen LogP) is 2.48. The summed E-state index contributed by atoms with van der Waals surface area (Å²) in [6, 6.07) is 0. The fourth-order valence-corrected chi connectivity index (χ4v) is 2.01. The average molecular weight is 184 g/mol. The van der Waals surface area contributed by atoms with Gasteiger partial charge in [-0.3, -0.25) is 0 Å². The van der Waals surface area contributed by atoms with Crippen molar-refractivity contribution in [3.05, 3.63) is 0 Å². The summed E-state index contributed by atoms with van der Waals surface area (Å²) < 4.78 is 0. The van der Waals surface area contributed by atoms with Crippen LogP contribution in [0.2, 0.25) is 0 Å². The van der Waals surface area contributed by atoms with Crippen molar-refractivity contribution in [3.63, 3.8) is 0 Å². The Morgan fingerprint density at radius 2 is 1.46 bits per heavy atom. The number of amidine groups is 1. The van der Waals surface area contributed by atoms with Crippen LogP contribution in [-0.4, -0.2) is 11.0 Å². The lowest BCUT2D eigenvalue weighted by molar-refractivity contribution is 0.311. The van der Waals surface area contributed by atoms with E-state index in [1.54, 1.807) is 0 Å². The minimum absolute atomic E-state index is 0.322. The molecule has 0 amide bonds. The van der Waals surface area contributed by atoms with E-state index in [4.69, 9.17) is 10.9 Å². The van der Waals surface area contributed by atoms with Gasteiger partial charge in [-0.05, 0) is 12.8 Å². The summed E-state index contributed by atoms with van der Waals surface area (Å²) in [5, 5.41) is 11.7. The van der Waals surface area contributed by atoms with E-state index in [0.29, 0.717) is 11.8 Å². The highest BCUT2D eigenvalue weighted by Crippen LogP contribution is 2.21. The second-order valence-electron chi connectivity index (χ2n) is 3.92. The summed E-state index contributed by atoms with van der Waals surface area (Å²) in [7, 11) is 0. The van der Waals surface area contributed by atoms with Gasteiger partial charge in [-0.1, -0.05) is 43.7 Å². The highest BCUT2D eigenvalue weighted by atomic mass is 16.4. The monoisotopic (exact) mass is 184 g/mol. The number of oxime groups is 1. The summed E-state index contributed by atoms with van der Waals surface area (Å²) >= 11 is 0. The second kappa shape index (κ2) is 5.84. The average Bonchev–Trinajstić information content (AvgIpc) is 2.29. The Hall–Kier alpha value is -0.730. The maximum atomic E-state index is 8.58. The molecule has 0 heterocycles. The number of nitrogens with two attached hydrogens (primary N) is 1. The van der Waals surface area contributed by atoms with Crippen molar-refractivity contribution in [1.29, 1.82) is 0 Å². The Bertz CT molecular complexity index is 158. The van der Waals surface area contributed by atoms with Crippen LogP contribution < -0.4 is 5.73 Å². The molecule has 3 N–H and O–H groups in total. The van der Waals surface area contributed by atoms with Gasteiger partial charge < -0.3 is 10.9 Å². The molecule has 1 aliphatic rings.